The Kier molecular flexibility index (Phi) is 1.99. The van der Waals surface area contributed by atoms with Gasteiger partial charge in [0, 0.05) is 12.3 Å². The van der Waals surface area contributed by atoms with Crippen molar-refractivity contribution in [3.63, 3.8) is 0 Å². The number of amides is 2. The van der Waals surface area contributed by atoms with Gasteiger partial charge in [-0.1, -0.05) is 19.7 Å². The van der Waals surface area contributed by atoms with Crippen LogP contribution < -0.4 is 0 Å². The fourth-order valence-corrected chi connectivity index (χ4v) is 1.24. The third kappa shape index (κ3) is 1.03. The summed E-state index contributed by atoms with van der Waals surface area (Å²) >= 11 is 3.73. The van der Waals surface area contributed by atoms with Crippen LogP contribution in [0.1, 0.15) is 19.8 Å². The van der Waals surface area contributed by atoms with Crippen molar-refractivity contribution in [3.05, 3.63) is 0 Å². The number of carbonyl (C=O) groups is 2. The van der Waals surface area contributed by atoms with E-state index in [1.807, 2.05) is 6.92 Å². The van der Waals surface area contributed by atoms with Gasteiger partial charge in [-0.25, -0.2) is 4.31 Å². The molecule has 0 radical (unpaired) electrons. The van der Waals surface area contributed by atoms with Crippen molar-refractivity contribution in [1.82, 2.24) is 4.31 Å². The second-order valence-electron chi connectivity index (χ2n) is 2.35. The van der Waals surface area contributed by atoms with E-state index in [1.165, 1.54) is 0 Å². The Bertz CT molecular complexity index is 181. The summed E-state index contributed by atoms with van der Waals surface area (Å²) in [6.45, 7) is 1.89. The van der Waals surface area contributed by atoms with Crippen LogP contribution >= 0.6 is 12.8 Å². The Morgan fingerprint density at radius 3 is 2.50 bits per heavy atom. The summed E-state index contributed by atoms with van der Waals surface area (Å²) in [5.41, 5.74) is 0. The van der Waals surface area contributed by atoms with E-state index in [4.69, 9.17) is 0 Å². The highest BCUT2D eigenvalue weighted by Gasteiger charge is 2.35. The van der Waals surface area contributed by atoms with Crippen molar-refractivity contribution >= 4 is 24.6 Å². The Balaban J connectivity index is 2.71. The van der Waals surface area contributed by atoms with Gasteiger partial charge in [-0.3, -0.25) is 9.59 Å². The molecule has 4 heteroatoms. The predicted molar refractivity (Wildman–Crippen MR) is 39.2 cm³/mol. The molecule has 0 aliphatic carbocycles. The van der Waals surface area contributed by atoms with Crippen LogP contribution in [0.5, 0.6) is 0 Å². The highest BCUT2D eigenvalue weighted by Crippen LogP contribution is 2.22. The summed E-state index contributed by atoms with van der Waals surface area (Å²) in [7, 11) is 0. The molecule has 56 valence electrons. The smallest absolute Gasteiger partial charge is 0.242 e. The van der Waals surface area contributed by atoms with Gasteiger partial charge in [0.05, 0.1) is 0 Å². The normalized spacial score (nSPS) is 26.2. The SMILES string of the molecule is CCC1CC(=O)N(S)C1=O. The molecule has 0 bridgehead atoms. The van der Waals surface area contributed by atoms with Gasteiger partial charge in [0.25, 0.3) is 0 Å². The molecule has 1 atom stereocenters. The zero-order chi connectivity index (χ0) is 7.72. The molecule has 0 aromatic carbocycles. The van der Waals surface area contributed by atoms with Gasteiger partial charge in [-0.2, -0.15) is 0 Å². The molecule has 0 aromatic rings. The van der Waals surface area contributed by atoms with Crippen LogP contribution in [-0.2, 0) is 9.59 Å². The average Bonchev–Trinajstić information content (AvgIpc) is 2.17. The Hall–Kier alpha value is -0.510. The van der Waals surface area contributed by atoms with Crippen LogP contribution in [0.3, 0.4) is 0 Å². The van der Waals surface area contributed by atoms with Gasteiger partial charge in [0.15, 0.2) is 0 Å². The maximum Gasteiger partial charge on any atom is 0.242 e. The molecule has 0 saturated carbocycles. The highest BCUT2D eigenvalue weighted by atomic mass is 32.1. The van der Waals surface area contributed by atoms with Gasteiger partial charge in [0.2, 0.25) is 11.8 Å². The molecule has 1 saturated heterocycles. The molecule has 0 aromatic heterocycles. The monoisotopic (exact) mass is 159 g/mol. The van der Waals surface area contributed by atoms with E-state index in [0.29, 0.717) is 6.42 Å². The minimum absolute atomic E-state index is 0.120. The van der Waals surface area contributed by atoms with E-state index in [2.05, 4.69) is 12.8 Å². The lowest BCUT2D eigenvalue weighted by atomic mass is 10.1. The summed E-state index contributed by atoms with van der Waals surface area (Å²) in [5, 5.41) is 0. The average molecular weight is 159 g/mol. The zero-order valence-corrected chi connectivity index (χ0v) is 6.60. The van der Waals surface area contributed by atoms with Gasteiger partial charge in [-0.15, -0.1) is 0 Å². The summed E-state index contributed by atoms with van der Waals surface area (Å²) in [6, 6.07) is 0. The summed E-state index contributed by atoms with van der Waals surface area (Å²) in [5.74, 6) is -0.457. The number of nitrogens with zero attached hydrogens (tertiary/aromatic N) is 1. The molecule has 0 N–H and O–H groups in total. The van der Waals surface area contributed by atoms with Crippen LogP contribution in [0, 0.1) is 5.92 Å². The van der Waals surface area contributed by atoms with Crippen molar-refractivity contribution < 1.29 is 9.59 Å². The Labute approximate surface area is 64.9 Å². The zero-order valence-electron chi connectivity index (χ0n) is 5.70. The van der Waals surface area contributed by atoms with Gasteiger partial charge in [0.1, 0.15) is 0 Å². The summed E-state index contributed by atoms with van der Waals surface area (Å²) < 4.78 is 0.911. The number of hydrogen-bond donors (Lipinski definition) is 1. The van der Waals surface area contributed by atoms with E-state index in [0.717, 1.165) is 10.7 Å². The fourth-order valence-electron chi connectivity index (χ4n) is 0.999. The van der Waals surface area contributed by atoms with E-state index in [1.54, 1.807) is 0 Å². The molecule has 1 aliphatic heterocycles. The maximum absolute atomic E-state index is 11.0. The first-order valence-electron chi connectivity index (χ1n) is 3.22. The summed E-state index contributed by atoms with van der Waals surface area (Å²) in [4.78, 5) is 21.8. The standard InChI is InChI=1S/C6H9NO2S/c1-2-4-3-5(8)7(10)6(4)9/h4,10H,2-3H2,1H3. The van der Waals surface area contributed by atoms with E-state index >= 15 is 0 Å². The lowest BCUT2D eigenvalue weighted by Crippen LogP contribution is -2.20. The first kappa shape index (κ1) is 7.60. The van der Waals surface area contributed by atoms with Crippen LogP contribution in [0.15, 0.2) is 0 Å². The topological polar surface area (TPSA) is 37.4 Å². The lowest BCUT2D eigenvalue weighted by molar-refractivity contribution is -0.132. The van der Waals surface area contributed by atoms with Gasteiger partial charge in [-0.05, 0) is 6.42 Å². The first-order valence-corrected chi connectivity index (χ1v) is 3.62. The van der Waals surface area contributed by atoms with Crippen LogP contribution in [-0.4, -0.2) is 16.1 Å². The second kappa shape index (κ2) is 2.62. The molecule has 0 spiro atoms. The third-order valence-electron chi connectivity index (χ3n) is 1.71. The Morgan fingerprint density at radius 1 is 1.70 bits per heavy atom. The van der Waals surface area contributed by atoms with Crippen molar-refractivity contribution in [2.45, 2.75) is 19.8 Å². The quantitative estimate of drug-likeness (QED) is 0.450. The third-order valence-corrected chi connectivity index (χ3v) is 2.13. The molecular weight excluding hydrogens is 150 g/mol. The highest BCUT2D eigenvalue weighted by molar-refractivity contribution is 7.79. The first-order chi connectivity index (χ1) is 4.66. The Morgan fingerprint density at radius 2 is 2.30 bits per heavy atom. The molecule has 3 nitrogen and oxygen atoms in total. The molecular formula is C6H9NO2S. The van der Waals surface area contributed by atoms with E-state index < -0.39 is 0 Å². The summed E-state index contributed by atoms with van der Waals surface area (Å²) in [6.07, 6.45) is 1.06. The van der Waals surface area contributed by atoms with E-state index in [9.17, 15) is 9.59 Å². The van der Waals surface area contributed by atoms with Gasteiger partial charge < -0.3 is 0 Å². The molecule has 1 unspecified atom stereocenters. The number of carbonyl (C=O) groups excluding carboxylic acids is 2. The van der Waals surface area contributed by atoms with Crippen molar-refractivity contribution in [2.75, 3.05) is 0 Å². The maximum atomic E-state index is 11.0. The van der Waals surface area contributed by atoms with E-state index in [-0.39, 0.29) is 17.7 Å². The number of hydrogen-bond acceptors (Lipinski definition) is 3. The second-order valence-corrected chi connectivity index (χ2v) is 2.75. The molecule has 2 amide bonds. The lowest BCUT2D eigenvalue weighted by Gasteiger charge is -2.03. The van der Waals surface area contributed by atoms with Crippen molar-refractivity contribution in [1.29, 1.82) is 0 Å². The molecule has 1 rings (SSSR count). The molecule has 1 aliphatic rings. The number of imide groups is 1. The fraction of sp³-hybridized carbons (Fsp3) is 0.667. The van der Waals surface area contributed by atoms with Crippen molar-refractivity contribution in [2.24, 2.45) is 5.92 Å². The minimum atomic E-state index is -0.180. The van der Waals surface area contributed by atoms with Crippen molar-refractivity contribution in [3.8, 4) is 0 Å². The van der Waals surface area contributed by atoms with Crippen LogP contribution in [0.4, 0.5) is 0 Å². The number of thiol groups is 1. The molecule has 1 heterocycles. The largest absolute Gasteiger partial charge is 0.273 e. The molecule has 1 fully saturated rings. The van der Waals surface area contributed by atoms with Crippen LogP contribution in [0.25, 0.3) is 0 Å². The predicted octanol–water partition coefficient (Wildman–Crippen LogP) is 0.616. The van der Waals surface area contributed by atoms with Crippen LogP contribution in [0.2, 0.25) is 0 Å². The van der Waals surface area contributed by atoms with Gasteiger partial charge >= 0.3 is 0 Å². The minimum Gasteiger partial charge on any atom is -0.273 e. The number of rotatable bonds is 1. The molecule has 10 heavy (non-hydrogen) atoms.